The van der Waals surface area contributed by atoms with Gasteiger partial charge in [0.05, 0.1) is 5.56 Å². The summed E-state index contributed by atoms with van der Waals surface area (Å²) in [5.74, 6) is -1.20. The molecule has 0 atom stereocenters. The molecule has 0 saturated heterocycles. The maximum atomic E-state index is 12.5. The molecule has 0 saturated carbocycles. The van der Waals surface area contributed by atoms with Crippen LogP contribution in [0.25, 0.3) is 10.9 Å². The van der Waals surface area contributed by atoms with Gasteiger partial charge in [-0.2, -0.15) is 0 Å². The summed E-state index contributed by atoms with van der Waals surface area (Å²) in [5.41, 5.74) is 1.10. The molecule has 2 amide bonds. The second kappa shape index (κ2) is 8.46. The van der Waals surface area contributed by atoms with E-state index in [1.165, 1.54) is 0 Å². The van der Waals surface area contributed by atoms with Crippen LogP contribution in [0.3, 0.4) is 0 Å². The first-order valence-electron chi connectivity index (χ1n) is 8.71. The average Bonchev–Trinajstić information content (AvgIpc) is 2.98. The molecule has 0 aliphatic heterocycles. The van der Waals surface area contributed by atoms with Crippen LogP contribution >= 0.6 is 0 Å². The van der Waals surface area contributed by atoms with E-state index in [0.717, 1.165) is 11.9 Å². The normalized spacial score (nSPS) is 10.7. The van der Waals surface area contributed by atoms with Crippen molar-refractivity contribution in [2.75, 3.05) is 19.6 Å². The van der Waals surface area contributed by atoms with Gasteiger partial charge in [-0.15, -0.1) is 0 Å². The van der Waals surface area contributed by atoms with E-state index in [2.05, 4.69) is 5.32 Å². The van der Waals surface area contributed by atoms with Gasteiger partial charge in [-0.05, 0) is 26.3 Å². The molecule has 2 rings (SSSR count). The van der Waals surface area contributed by atoms with Crippen molar-refractivity contribution in [1.29, 1.82) is 0 Å². The lowest BCUT2D eigenvalue weighted by Crippen LogP contribution is -2.33. The molecule has 6 nitrogen and oxygen atoms in total. The van der Waals surface area contributed by atoms with E-state index in [1.807, 2.05) is 39.0 Å². The predicted molar refractivity (Wildman–Crippen MR) is 97.5 cm³/mol. The van der Waals surface area contributed by atoms with Crippen LogP contribution in [0.5, 0.6) is 0 Å². The first-order chi connectivity index (χ1) is 12.0. The standard InChI is InChI=1S/C19H25N3O3/c1-4-11-20-19(25)18(24)15-12-22(13-17(23)21(5-2)6-3)16-10-8-7-9-14(15)16/h7-10,12H,4-6,11,13H2,1-3H3,(H,20,25). The number of carbonyl (C=O) groups is 3. The minimum Gasteiger partial charge on any atom is -0.349 e. The minimum absolute atomic E-state index is 0.0137. The largest absolute Gasteiger partial charge is 0.349 e. The number of rotatable bonds is 8. The van der Waals surface area contributed by atoms with Gasteiger partial charge in [0.2, 0.25) is 5.91 Å². The summed E-state index contributed by atoms with van der Waals surface area (Å²) in [6.07, 6.45) is 2.37. The fourth-order valence-corrected chi connectivity index (χ4v) is 2.82. The van der Waals surface area contributed by atoms with Crippen LogP contribution in [0, 0.1) is 0 Å². The third-order valence-electron chi connectivity index (χ3n) is 4.20. The molecule has 1 heterocycles. The molecule has 0 fully saturated rings. The summed E-state index contributed by atoms with van der Waals surface area (Å²) in [4.78, 5) is 38.7. The lowest BCUT2D eigenvalue weighted by Gasteiger charge is -2.19. The molecule has 6 heteroatoms. The van der Waals surface area contributed by atoms with Crippen LogP contribution in [0.1, 0.15) is 37.6 Å². The number of hydrogen-bond acceptors (Lipinski definition) is 3. The zero-order chi connectivity index (χ0) is 18.4. The molecule has 0 spiro atoms. The Labute approximate surface area is 147 Å². The molecule has 0 unspecified atom stereocenters. The molecular formula is C19H25N3O3. The van der Waals surface area contributed by atoms with Crippen LogP contribution in [0.2, 0.25) is 0 Å². The van der Waals surface area contributed by atoms with E-state index in [9.17, 15) is 14.4 Å². The van der Waals surface area contributed by atoms with E-state index in [-0.39, 0.29) is 12.5 Å². The summed E-state index contributed by atoms with van der Waals surface area (Å²) in [5, 5.41) is 3.30. The van der Waals surface area contributed by atoms with Gasteiger partial charge in [0.25, 0.3) is 11.7 Å². The molecule has 0 aliphatic carbocycles. The summed E-state index contributed by atoms with van der Waals surface area (Å²) >= 11 is 0. The number of nitrogens with one attached hydrogen (secondary N) is 1. The first kappa shape index (κ1) is 18.7. The Balaban J connectivity index is 2.36. The molecule has 134 valence electrons. The maximum Gasteiger partial charge on any atom is 0.292 e. The predicted octanol–water partition coefficient (Wildman–Crippen LogP) is 2.22. The second-order valence-electron chi connectivity index (χ2n) is 5.84. The molecule has 2 aromatic rings. The van der Waals surface area contributed by atoms with E-state index in [0.29, 0.717) is 30.6 Å². The molecule has 25 heavy (non-hydrogen) atoms. The highest BCUT2D eigenvalue weighted by Gasteiger charge is 2.22. The third-order valence-corrected chi connectivity index (χ3v) is 4.20. The minimum atomic E-state index is -0.611. The molecule has 0 bridgehead atoms. The smallest absolute Gasteiger partial charge is 0.292 e. The van der Waals surface area contributed by atoms with Crippen LogP contribution in [0.4, 0.5) is 0 Å². The SMILES string of the molecule is CCCNC(=O)C(=O)c1cn(CC(=O)N(CC)CC)c2ccccc12. The van der Waals surface area contributed by atoms with Gasteiger partial charge in [-0.3, -0.25) is 14.4 Å². The van der Waals surface area contributed by atoms with E-state index in [4.69, 9.17) is 0 Å². The number of para-hydroxylation sites is 1. The van der Waals surface area contributed by atoms with E-state index in [1.54, 1.807) is 21.7 Å². The Morgan fingerprint density at radius 1 is 1.08 bits per heavy atom. The van der Waals surface area contributed by atoms with Crippen molar-refractivity contribution in [3.8, 4) is 0 Å². The number of Topliss-reactive ketones (excluding diaryl/α,β-unsaturated/α-hetero) is 1. The number of nitrogens with zero attached hydrogens (tertiary/aromatic N) is 2. The second-order valence-corrected chi connectivity index (χ2v) is 5.84. The number of aromatic nitrogens is 1. The molecule has 1 N–H and O–H groups in total. The molecule has 1 aromatic carbocycles. The number of ketones is 1. The lowest BCUT2D eigenvalue weighted by atomic mass is 10.1. The summed E-state index contributed by atoms with van der Waals surface area (Å²) in [6.45, 7) is 7.68. The van der Waals surface area contributed by atoms with Crippen LogP contribution in [-0.2, 0) is 16.1 Å². The van der Waals surface area contributed by atoms with Gasteiger partial charge in [0, 0.05) is 36.7 Å². The number of benzene rings is 1. The van der Waals surface area contributed by atoms with Crippen molar-refractivity contribution in [1.82, 2.24) is 14.8 Å². The first-order valence-corrected chi connectivity index (χ1v) is 8.71. The maximum absolute atomic E-state index is 12.5. The Kier molecular flexibility index (Phi) is 6.33. The van der Waals surface area contributed by atoms with Crippen molar-refractivity contribution in [3.05, 3.63) is 36.0 Å². The number of likely N-dealkylation sites (N-methyl/N-ethyl adjacent to an activating group) is 1. The quantitative estimate of drug-likeness (QED) is 0.590. The zero-order valence-electron chi connectivity index (χ0n) is 15.0. The molecular weight excluding hydrogens is 318 g/mol. The van der Waals surface area contributed by atoms with E-state index >= 15 is 0 Å². The van der Waals surface area contributed by atoms with Crippen LogP contribution in [0.15, 0.2) is 30.5 Å². The topological polar surface area (TPSA) is 71.4 Å². The van der Waals surface area contributed by atoms with Gasteiger partial charge in [0.15, 0.2) is 0 Å². The summed E-state index contributed by atoms with van der Waals surface area (Å²) in [7, 11) is 0. The molecule has 1 aromatic heterocycles. The summed E-state index contributed by atoms with van der Waals surface area (Å²) in [6, 6.07) is 7.32. The summed E-state index contributed by atoms with van der Waals surface area (Å²) < 4.78 is 1.75. The van der Waals surface area contributed by atoms with Gasteiger partial charge in [-0.1, -0.05) is 25.1 Å². The third kappa shape index (κ3) is 4.07. The Bertz CT molecular complexity index is 775. The highest BCUT2D eigenvalue weighted by Crippen LogP contribution is 2.22. The van der Waals surface area contributed by atoms with Crippen molar-refractivity contribution in [3.63, 3.8) is 0 Å². The van der Waals surface area contributed by atoms with Crippen molar-refractivity contribution in [2.45, 2.75) is 33.7 Å². The fraction of sp³-hybridized carbons (Fsp3) is 0.421. The lowest BCUT2D eigenvalue weighted by molar-refractivity contribution is -0.131. The van der Waals surface area contributed by atoms with E-state index < -0.39 is 11.7 Å². The van der Waals surface area contributed by atoms with Gasteiger partial charge >= 0.3 is 0 Å². The number of fused-ring (bicyclic) bond motifs is 1. The van der Waals surface area contributed by atoms with Gasteiger partial charge in [-0.25, -0.2) is 0 Å². The van der Waals surface area contributed by atoms with Crippen LogP contribution in [-0.4, -0.2) is 46.7 Å². The fourth-order valence-electron chi connectivity index (χ4n) is 2.82. The Morgan fingerprint density at radius 3 is 2.40 bits per heavy atom. The van der Waals surface area contributed by atoms with Crippen molar-refractivity contribution >= 4 is 28.5 Å². The van der Waals surface area contributed by atoms with Crippen molar-refractivity contribution < 1.29 is 14.4 Å². The monoisotopic (exact) mass is 343 g/mol. The molecule has 0 aliphatic rings. The number of amides is 2. The highest BCUT2D eigenvalue weighted by atomic mass is 16.2. The van der Waals surface area contributed by atoms with Gasteiger partial charge < -0.3 is 14.8 Å². The highest BCUT2D eigenvalue weighted by molar-refractivity contribution is 6.45. The van der Waals surface area contributed by atoms with Crippen LogP contribution < -0.4 is 5.32 Å². The Morgan fingerprint density at radius 2 is 1.76 bits per heavy atom. The molecule has 0 radical (unpaired) electrons. The average molecular weight is 343 g/mol. The zero-order valence-corrected chi connectivity index (χ0v) is 15.0. The van der Waals surface area contributed by atoms with Crippen molar-refractivity contribution in [2.24, 2.45) is 0 Å². The van der Waals surface area contributed by atoms with Gasteiger partial charge in [0.1, 0.15) is 6.54 Å². The Hall–Kier alpha value is -2.63. The number of hydrogen-bond donors (Lipinski definition) is 1. The number of carbonyl (C=O) groups excluding carboxylic acids is 3.